The van der Waals surface area contributed by atoms with Gasteiger partial charge in [0.1, 0.15) is 5.76 Å². The quantitative estimate of drug-likeness (QED) is 0.270. The highest BCUT2D eigenvalue weighted by Gasteiger charge is 2.46. The van der Waals surface area contributed by atoms with E-state index in [1.807, 2.05) is 38.1 Å². The van der Waals surface area contributed by atoms with Crippen molar-refractivity contribution in [3.8, 4) is 11.5 Å². The molecule has 1 saturated heterocycles. The highest BCUT2D eigenvalue weighted by atomic mass is 16.5. The number of hydrogen-bond acceptors (Lipinski definition) is 6. The van der Waals surface area contributed by atoms with Gasteiger partial charge in [-0.05, 0) is 29.7 Å². The first-order chi connectivity index (χ1) is 16.9. The number of amides is 1. The summed E-state index contributed by atoms with van der Waals surface area (Å²) >= 11 is 0. The van der Waals surface area contributed by atoms with Crippen molar-refractivity contribution in [2.24, 2.45) is 5.92 Å². The van der Waals surface area contributed by atoms with E-state index >= 15 is 0 Å². The Morgan fingerprint density at radius 3 is 2.60 bits per heavy atom. The number of aliphatic hydroxyl groups excluding tert-OH is 1. The molecule has 2 N–H and O–H groups in total. The number of aromatic nitrogens is 1. The van der Waals surface area contributed by atoms with Gasteiger partial charge in [0.25, 0.3) is 11.7 Å². The molecular formula is C27H30N2O6. The van der Waals surface area contributed by atoms with Crippen LogP contribution in [0, 0.1) is 5.92 Å². The number of hydrogen-bond donors (Lipinski definition) is 2. The standard InChI is InChI=1S/C27H30N2O6/c1-16(2)15-35-22-13-17(9-10-21(22)34-4)24-23(26(31)27(32)29(24)11-12-33-3)25(30)19-14-28-20-8-6-5-7-18(19)20/h5-10,13-14,16,24,28,30H,11-12,15H2,1-4H3/b25-23-. The lowest BCUT2D eigenvalue weighted by molar-refractivity contribution is -0.140. The second kappa shape index (κ2) is 10.2. The molecule has 8 nitrogen and oxygen atoms in total. The molecule has 0 aliphatic carbocycles. The molecular weight excluding hydrogens is 448 g/mol. The lowest BCUT2D eigenvalue weighted by atomic mass is 9.95. The third kappa shape index (κ3) is 4.61. The average molecular weight is 479 g/mol. The van der Waals surface area contributed by atoms with E-state index in [1.54, 1.807) is 31.5 Å². The molecule has 0 radical (unpaired) electrons. The minimum Gasteiger partial charge on any atom is -0.507 e. The van der Waals surface area contributed by atoms with Crippen molar-refractivity contribution in [3.63, 3.8) is 0 Å². The number of ether oxygens (including phenoxy) is 3. The molecule has 184 valence electrons. The van der Waals surface area contributed by atoms with Gasteiger partial charge in [-0.2, -0.15) is 0 Å². The molecule has 35 heavy (non-hydrogen) atoms. The van der Waals surface area contributed by atoms with Crippen molar-refractivity contribution in [1.82, 2.24) is 9.88 Å². The van der Waals surface area contributed by atoms with E-state index in [9.17, 15) is 14.7 Å². The summed E-state index contributed by atoms with van der Waals surface area (Å²) in [4.78, 5) is 30.9. The normalized spacial score (nSPS) is 17.5. The fourth-order valence-electron chi connectivity index (χ4n) is 4.29. The lowest BCUT2D eigenvalue weighted by Gasteiger charge is -2.26. The fraction of sp³-hybridized carbons (Fsp3) is 0.333. The van der Waals surface area contributed by atoms with Gasteiger partial charge >= 0.3 is 0 Å². The van der Waals surface area contributed by atoms with E-state index in [4.69, 9.17) is 14.2 Å². The summed E-state index contributed by atoms with van der Waals surface area (Å²) in [6, 6.07) is 11.9. The van der Waals surface area contributed by atoms with E-state index in [1.165, 1.54) is 12.0 Å². The lowest BCUT2D eigenvalue weighted by Crippen LogP contribution is -2.32. The minimum absolute atomic E-state index is 0.0239. The van der Waals surface area contributed by atoms with Crippen molar-refractivity contribution >= 4 is 28.4 Å². The molecule has 1 atom stereocenters. The number of nitrogens with one attached hydrogen (secondary N) is 1. The minimum atomic E-state index is -0.814. The van der Waals surface area contributed by atoms with Crippen molar-refractivity contribution in [2.45, 2.75) is 19.9 Å². The van der Waals surface area contributed by atoms with Crippen LogP contribution in [-0.2, 0) is 14.3 Å². The van der Waals surface area contributed by atoms with E-state index in [-0.39, 0.29) is 30.4 Å². The maximum Gasteiger partial charge on any atom is 0.295 e. The Hall–Kier alpha value is -3.78. The smallest absolute Gasteiger partial charge is 0.295 e. The highest BCUT2D eigenvalue weighted by Crippen LogP contribution is 2.42. The van der Waals surface area contributed by atoms with Crippen molar-refractivity contribution in [2.75, 3.05) is 34.0 Å². The van der Waals surface area contributed by atoms with Crippen LogP contribution >= 0.6 is 0 Å². The van der Waals surface area contributed by atoms with E-state index in [2.05, 4.69) is 4.98 Å². The number of aliphatic hydroxyl groups is 1. The average Bonchev–Trinajstić information content (AvgIpc) is 3.40. The number of carbonyl (C=O) groups excluding carboxylic acids is 2. The zero-order valence-corrected chi connectivity index (χ0v) is 20.3. The predicted molar refractivity (Wildman–Crippen MR) is 133 cm³/mol. The number of carbonyl (C=O) groups is 2. The number of likely N-dealkylation sites (tertiary alicyclic amines) is 1. The molecule has 8 heteroatoms. The van der Waals surface area contributed by atoms with Crippen molar-refractivity contribution < 1.29 is 28.9 Å². The molecule has 2 heterocycles. The molecule has 1 aliphatic rings. The van der Waals surface area contributed by atoms with Crippen LogP contribution in [-0.4, -0.2) is 60.7 Å². The first-order valence-corrected chi connectivity index (χ1v) is 11.5. The van der Waals surface area contributed by atoms with Gasteiger partial charge < -0.3 is 29.2 Å². The zero-order chi connectivity index (χ0) is 25.1. The van der Waals surface area contributed by atoms with Gasteiger partial charge in [0.15, 0.2) is 11.5 Å². The van der Waals surface area contributed by atoms with Crippen LogP contribution in [0.4, 0.5) is 0 Å². The van der Waals surface area contributed by atoms with Crippen LogP contribution in [0.3, 0.4) is 0 Å². The molecule has 2 aromatic carbocycles. The Morgan fingerprint density at radius 2 is 1.89 bits per heavy atom. The summed E-state index contributed by atoms with van der Waals surface area (Å²) in [5.41, 5.74) is 1.92. The third-order valence-corrected chi connectivity index (χ3v) is 6.00. The third-order valence-electron chi connectivity index (χ3n) is 6.00. The molecule has 4 rings (SSSR count). The molecule has 1 aliphatic heterocycles. The zero-order valence-electron chi connectivity index (χ0n) is 20.3. The fourth-order valence-corrected chi connectivity index (χ4v) is 4.29. The van der Waals surface area contributed by atoms with Gasteiger partial charge in [-0.15, -0.1) is 0 Å². The Labute approximate surface area is 204 Å². The van der Waals surface area contributed by atoms with Gasteiger partial charge in [-0.3, -0.25) is 9.59 Å². The number of methoxy groups -OCH3 is 2. The number of benzene rings is 2. The number of H-pyrrole nitrogens is 1. The highest BCUT2D eigenvalue weighted by molar-refractivity contribution is 6.46. The predicted octanol–water partition coefficient (Wildman–Crippen LogP) is 4.28. The molecule has 1 aromatic heterocycles. The molecule has 0 bridgehead atoms. The van der Waals surface area contributed by atoms with Gasteiger partial charge in [-0.1, -0.05) is 38.1 Å². The first-order valence-electron chi connectivity index (χ1n) is 11.5. The molecule has 3 aromatic rings. The van der Waals surface area contributed by atoms with Crippen LogP contribution in [0.15, 0.2) is 54.2 Å². The number of aromatic amines is 1. The summed E-state index contributed by atoms with van der Waals surface area (Å²) in [6.07, 6.45) is 1.64. The van der Waals surface area contributed by atoms with Crippen LogP contribution in [0.5, 0.6) is 11.5 Å². The molecule has 1 fully saturated rings. The summed E-state index contributed by atoms with van der Waals surface area (Å²) in [6.45, 7) is 4.97. The largest absolute Gasteiger partial charge is 0.507 e. The Balaban J connectivity index is 1.87. The second-order valence-corrected chi connectivity index (χ2v) is 8.85. The Morgan fingerprint density at radius 1 is 1.11 bits per heavy atom. The van der Waals surface area contributed by atoms with Gasteiger partial charge in [0.2, 0.25) is 0 Å². The van der Waals surface area contributed by atoms with E-state index < -0.39 is 17.7 Å². The number of para-hydroxylation sites is 1. The number of ketones is 1. The summed E-state index contributed by atoms with van der Waals surface area (Å²) in [5, 5.41) is 12.1. The summed E-state index contributed by atoms with van der Waals surface area (Å²) in [5.74, 6) is -0.324. The van der Waals surface area contributed by atoms with Crippen molar-refractivity contribution in [3.05, 3.63) is 65.4 Å². The maximum atomic E-state index is 13.2. The number of rotatable bonds is 9. The van der Waals surface area contributed by atoms with Crippen LogP contribution in [0.2, 0.25) is 0 Å². The maximum absolute atomic E-state index is 13.2. The first kappa shape index (κ1) is 24.3. The molecule has 0 saturated carbocycles. The number of Topliss-reactive ketones (excluding diaryl/α,β-unsaturated/α-hetero) is 1. The monoisotopic (exact) mass is 478 g/mol. The summed E-state index contributed by atoms with van der Waals surface area (Å²) in [7, 11) is 3.09. The Kier molecular flexibility index (Phi) is 7.12. The van der Waals surface area contributed by atoms with E-state index in [0.29, 0.717) is 29.2 Å². The van der Waals surface area contributed by atoms with Gasteiger partial charge in [-0.25, -0.2) is 0 Å². The second-order valence-electron chi connectivity index (χ2n) is 8.85. The van der Waals surface area contributed by atoms with Gasteiger partial charge in [0.05, 0.1) is 31.9 Å². The molecule has 1 unspecified atom stereocenters. The SMILES string of the molecule is COCCN1C(=O)C(=O)/C(=C(\O)c2c[nH]c3ccccc23)C1c1ccc(OC)c(OCC(C)C)c1. The number of nitrogens with zero attached hydrogens (tertiary/aromatic N) is 1. The van der Waals surface area contributed by atoms with Crippen LogP contribution in [0.1, 0.15) is 31.0 Å². The van der Waals surface area contributed by atoms with Crippen LogP contribution in [0.25, 0.3) is 16.7 Å². The molecule has 0 spiro atoms. The van der Waals surface area contributed by atoms with E-state index in [0.717, 1.165) is 10.9 Å². The van der Waals surface area contributed by atoms with Crippen molar-refractivity contribution in [1.29, 1.82) is 0 Å². The topological polar surface area (TPSA) is 101 Å². The summed E-state index contributed by atoms with van der Waals surface area (Å²) < 4.78 is 16.6. The van der Waals surface area contributed by atoms with Gasteiger partial charge in [0, 0.05) is 36.3 Å². The number of fused-ring (bicyclic) bond motifs is 1. The van der Waals surface area contributed by atoms with Crippen LogP contribution < -0.4 is 9.47 Å². The molecule has 1 amide bonds. The Bertz CT molecular complexity index is 1280.